The number of anilines is 1. The molecule has 11 aliphatic rings. The lowest BCUT2D eigenvalue weighted by molar-refractivity contribution is -0.369. The molecule has 5 spiro atoms. The van der Waals surface area contributed by atoms with Crippen LogP contribution in [0.3, 0.4) is 0 Å². The van der Waals surface area contributed by atoms with Crippen molar-refractivity contribution in [3.63, 3.8) is 0 Å². The zero-order chi connectivity index (χ0) is 43.6. The van der Waals surface area contributed by atoms with E-state index < -0.39 is 64.3 Å². The second-order valence-electron chi connectivity index (χ2n) is 21.3. The zero-order valence-corrected chi connectivity index (χ0v) is 35.5. The Bertz CT molecular complexity index is 2910. The summed E-state index contributed by atoms with van der Waals surface area (Å²) in [5, 5.41) is 80.9. The summed E-state index contributed by atoms with van der Waals surface area (Å²) in [7, 11) is 0. The fourth-order valence-corrected chi connectivity index (χ4v) is 16.6. The Balaban J connectivity index is 1.12. The number of nitrogens with one attached hydrogen (secondary N) is 2. The maximum atomic E-state index is 15.0. The minimum absolute atomic E-state index is 0.00180. The van der Waals surface area contributed by atoms with Crippen molar-refractivity contribution in [2.75, 3.05) is 11.9 Å². The molecule has 4 saturated carbocycles. The van der Waals surface area contributed by atoms with E-state index in [4.69, 9.17) is 14.5 Å². The average Bonchev–Trinajstić information content (AvgIpc) is 4.10. The van der Waals surface area contributed by atoms with Crippen molar-refractivity contribution in [1.29, 1.82) is 0 Å². The number of hydrogen-bond acceptors (Lipinski definition) is 12. The fourth-order valence-electron chi connectivity index (χ4n) is 16.6. The predicted octanol–water partition coefficient (Wildman–Crippen LogP) is 5.47. The molecule has 8 bridgehead atoms. The van der Waals surface area contributed by atoms with Crippen LogP contribution in [0.15, 0.2) is 59.9 Å². The number of pyridine rings is 1. The Morgan fingerprint density at radius 2 is 1.64 bits per heavy atom. The summed E-state index contributed by atoms with van der Waals surface area (Å²) < 4.78 is 14.5. The molecule has 4 aromatic rings. The van der Waals surface area contributed by atoms with Crippen LogP contribution < -0.4 is 10.1 Å². The summed E-state index contributed by atoms with van der Waals surface area (Å²) in [4.78, 5) is 38.2. The largest absolute Gasteiger partial charge is 0.507 e. The van der Waals surface area contributed by atoms with Crippen molar-refractivity contribution in [3.8, 4) is 11.5 Å². The molecule has 7 aliphatic carbocycles. The van der Waals surface area contributed by atoms with Crippen LogP contribution in [0, 0.1) is 35.0 Å². The van der Waals surface area contributed by atoms with Gasteiger partial charge in [0.05, 0.1) is 23.3 Å². The maximum Gasteiger partial charge on any atom is 0.261 e. The van der Waals surface area contributed by atoms with Gasteiger partial charge in [0.2, 0.25) is 5.78 Å². The van der Waals surface area contributed by atoms with E-state index in [1.165, 1.54) is 6.07 Å². The van der Waals surface area contributed by atoms with Gasteiger partial charge in [-0.05, 0) is 152 Å². The predicted molar refractivity (Wildman–Crippen MR) is 231 cm³/mol. The highest BCUT2D eigenvalue weighted by atomic mass is 16.7. The Kier molecular flexibility index (Phi) is 7.26. The number of phenolic OH excluding ortho intramolecular Hbond substituents is 1. The Morgan fingerprint density at radius 1 is 0.844 bits per heavy atom. The number of aryl methyl sites for hydroxylation is 1. The van der Waals surface area contributed by atoms with Gasteiger partial charge in [0, 0.05) is 57.5 Å². The van der Waals surface area contributed by atoms with Crippen LogP contribution in [-0.2, 0) is 4.74 Å². The van der Waals surface area contributed by atoms with Gasteiger partial charge in [-0.1, -0.05) is 12.8 Å². The molecule has 6 heterocycles. The van der Waals surface area contributed by atoms with Crippen molar-refractivity contribution >= 4 is 33.7 Å². The first kappa shape index (κ1) is 38.4. The van der Waals surface area contributed by atoms with E-state index in [-0.39, 0.29) is 63.5 Å². The van der Waals surface area contributed by atoms with Gasteiger partial charge in [-0.15, -0.1) is 0 Å². The number of aromatic amines is 1. The lowest BCUT2D eigenvalue weighted by atomic mass is 9.43. The molecule has 0 unspecified atom stereocenters. The van der Waals surface area contributed by atoms with Crippen LogP contribution in [0.25, 0.3) is 16.3 Å². The van der Waals surface area contributed by atoms with E-state index in [1.807, 2.05) is 6.20 Å². The summed E-state index contributed by atoms with van der Waals surface area (Å²) in [6.45, 7) is 1.78. The van der Waals surface area contributed by atoms with Gasteiger partial charge in [-0.25, -0.2) is 4.98 Å². The first-order valence-electron chi connectivity index (χ1n) is 23.4. The molecule has 330 valence electrons. The molecule has 8 N–H and O–H groups in total. The average molecular weight is 866 g/mol. The molecule has 1 saturated heterocycles. The van der Waals surface area contributed by atoms with Crippen molar-refractivity contribution in [2.45, 2.75) is 125 Å². The molecule has 12 atom stereocenters. The minimum Gasteiger partial charge on any atom is -0.507 e. The zero-order valence-electron chi connectivity index (χ0n) is 35.5. The normalized spacial score (nSPS) is 40.3. The van der Waals surface area contributed by atoms with Crippen LogP contribution in [-0.4, -0.2) is 101 Å². The first-order chi connectivity index (χ1) is 30.8. The second kappa shape index (κ2) is 12.1. The summed E-state index contributed by atoms with van der Waals surface area (Å²) >= 11 is 0. The third-order valence-electron chi connectivity index (χ3n) is 18.8. The number of hydrogen-bond donors (Lipinski definition) is 8. The monoisotopic (exact) mass is 865 g/mol. The highest BCUT2D eigenvalue weighted by Crippen LogP contribution is 2.78. The van der Waals surface area contributed by atoms with Gasteiger partial charge in [0.25, 0.3) is 5.79 Å². The summed E-state index contributed by atoms with van der Waals surface area (Å²) in [6, 6.07) is 8.26. The summed E-state index contributed by atoms with van der Waals surface area (Å²) in [5.41, 5.74) is 0.116. The van der Waals surface area contributed by atoms with E-state index in [2.05, 4.69) is 16.4 Å². The Morgan fingerprint density at radius 3 is 2.45 bits per heavy atom. The number of carbonyl (C=O) groups excluding carboxylic acids is 2. The van der Waals surface area contributed by atoms with Crippen LogP contribution in [0.4, 0.5) is 5.82 Å². The number of H-pyrrole nitrogens is 1. The fraction of sp³-hybridized carbons (Fsp3) is 0.510. The van der Waals surface area contributed by atoms with Crippen molar-refractivity contribution in [2.24, 2.45) is 28.1 Å². The van der Waals surface area contributed by atoms with Crippen molar-refractivity contribution < 1.29 is 49.7 Å². The van der Waals surface area contributed by atoms with E-state index in [0.29, 0.717) is 51.8 Å². The number of benzene rings is 2. The molecule has 13 heteroatoms. The van der Waals surface area contributed by atoms with Crippen LogP contribution in [0.5, 0.6) is 11.5 Å². The van der Waals surface area contributed by atoms with E-state index in [0.717, 1.165) is 68.9 Å². The number of aliphatic hydroxyl groups excluding tert-OH is 5. The van der Waals surface area contributed by atoms with Gasteiger partial charge < -0.3 is 50.4 Å². The topological polar surface area (TPSA) is 215 Å². The lowest BCUT2D eigenvalue weighted by Crippen LogP contribution is -2.80. The van der Waals surface area contributed by atoms with Gasteiger partial charge in [0.15, 0.2) is 17.5 Å². The lowest BCUT2D eigenvalue weighted by Gasteiger charge is -2.67. The van der Waals surface area contributed by atoms with E-state index in [1.54, 1.807) is 37.4 Å². The molecule has 0 radical (unpaired) electrons. The highest BCUT2D eigenvalue weighted by Gasteiger charge is 2.79. The number of rotatable bonds is 0. The molecule has 2 aromatic heterocycles. The number of phenols is 1. The minimum atomic E-state index is -2.38. The first-order valence-corrected chi connectivity index (χ1v) is 23.4. The molecule has 2 aromatic carbocycles. The number of fused-ring (bicyclic) bond motifs is 8. The van der Waals surface area contributed by atoms with Gasteiger partial charge >= 0.3 is 0 Å². The van der Waals surface area contributed by atoms with Crippen LogP contribution in [0.2, 0.25) is 0 Å². The number of aromatic nitrogens is 2. The molecular weight excluding hydrogens is 815 g/mol. The smallest absolute Gasteiger partial charge is 0.261 e. The molecule has 4 aliphatic heterocycles. The van der Waals surface area contributed by atoms with Gasteiger partial charge in [-0.2, -0.15) is 0 Å². The Hall–Kier alpha value is -4.89. The van der Waals surface area contributed by atoms with Crippen LogP contribution in [0.1, 0.15) is 125 Å². The molecule has 13 nitrogen and oxygen atoms in total. The molecular formula is C51H51N3O10. The molecule has 0 amide bonds. The van der Waals surface area contributed by atoms with E-state index in [9.17, 15) is 35.4 Å². The number of aromatic hydroxyl groups is 1. The van der Waals surface area contributed by atoms with Gasteiger partial charge in [0.1, 0.15) is 29.5 Å². The van der Waals surface area contributed by atoms with Crippen LogP contribution >= 0.6 is 0 Å². The van der Waals surface area contributed by atoms with Crippen molar-refractivity contribution in [3.05, 3.63) is 99.0 Å². The number of aliphatic hydroxyl groups is 5. The number of ketones is 2. The molecule has 64 heavy (non-hydrogen) atoms. The maximum absolute atomic E-state index is 15.0. The van der Waals surface area contributed by atoms with Crippen molar-refractivity contribution in [1.82, 2.24) is 9.97 Å². The number of carbonyl (C=O) groups is 2. The SMILES string of the molecule is Cc1cc(O)c2c(c1)C(=O)c1c(c3cc4c(nccc14)NC[C@H](O)[C@@]14C5=C6C7=C[C@@]8(O3)O[C@@]6([C@@H](O)[C@H](O)[C@H]8O)[C@@H](O)[C@]3(CCC6(CCCC6)C3)[C@H]5CC[C@@H]1CC[C@H]4c1cc[nH]c17)C2=O. The standard InChI is InChI=1S/C51H51N3O10/c1-22-16-27-34(31(55)17-22)41(58)36-32-18-26-24(35(36)40(27)57)8-15-53-45(26)54-20-33(56)50-23-4-6-29(50)25-9-14-52-39(25)28-19-49(63-32)43(60)42(59)44(61)51(64-49)37(28)38(50)30(7-5-23)48(46(51)62)13-12-47(21-48)10-2-3-11-47/h8-9,14-19,23,29-30,33,42-44,46,52,55-56,59-62H,2-7,10-13,20-21H2,1H3,(H,53,54)/t23-,29-,30-,33-,42+,43+,44-,46-,48-,49+,50+,51-/m0/s1. The molecule has 5 fully saturated rings. The third-order valence-corrected chi connectivity index (χ3v) is 18.8. The quantitative estimate of drug-likeness (QED) is 0.0974. The van der Waals surface area contributed by atoms with Gasteiger partial charge in [-0.3, -0.25) is 9.59 Å². The second-order valence-corrected chi connectivity index (χ2v) is 21.3. The number of nitrogens with zero attached hydrogens (tertiary/aromatic N) is 1. The number of ether oxygens (including phenoxy) is 2. The Labute approximate surface area is 368 Å². The van der Waals surface area contributed by atoms with E-state index >= 15 is 4.79 Å². The highest BCUT2D eigenvalue weighted by molar-refractivity contribution is 6.34. The summed E-state index contributed by atoms with van der Waals surface area (Å²) in [6.07, 6.45) is 6.66. The third kappa shape index (κ3) is 4.15. The molecule has 15 rings (SSSR count). The summed E-state index contributed by atoms with van der Waals surface area (Å²) in [5.74, 6) is -4.18.